The van der Waals surface area contributed by atoms with Crippen molar-refractivity contribution in [3.05, 3.63) is 58.1 Å². The molecule has 3 rings (SSSR count). The molecule has 1 N–H and O–H groups in total. The van der Waals surface area contributed by atoms with Crippen LogP contribution in [0.1, 0.15) is 36.5 Å². The number of halogens is 2. The average Bonchev–Trinajstić information content (AvgIpc) is 2.76. The van der Waals surface area contributed by atoms with E-state index < -0.39 is 21.8 Å². The number of likely N-dealkylation sites (N-methyl/N-ethyl adjacent to an activating group) is 1. The highest BCUT2D eigenvalue weighted by Crippen LogP contribution is 2.26. The fourth-order valence-electron chi connectivity index (χ4n) is 3.62. The average molecular weight is 498 g/mol. The van der Waals surface area contributed by atoms with E-state index >= 15 is 0 Å². The minimum atomic E-state index is -3.61. The van der Waals surface area contributed by atoms with E-state index in [9.17, 15) is 18.0 Å². The van der Waals surface area contributed by atoms with E-state index in [0.717, 1.165) is 19.3 Å². The minimum absolute atomic E-state index is 0.0461. The number of piperidine rings is 1. The molecule has 10 heteroatoms. The summed E-state index contributed by atoms with van der Waals surface area (Å²) in [5.74, 6) is -0.804. The van der Waals surface area contributed by atoms with Crippen molar-refractivity contribution in [2.24, 2.45) is 0 Å². The molecule has 2 aromatic carbocycles. The Labute approximate surface area is 198 Å². The first kappa shape index (κ1) is 24.5. The van der Waals surface area contributed by atoms with Gasteiger partial charge in [-0.15, -0.1) is 0 Å². The summed E-state index contributed by atoms with van der Waals surface area (Å²) in [5, 5.41) is 3.34. The van der Waals surface area contributed by atoms with E-state index in [-0.39, 0.29) is 17.5 Å². The molecule has 0 aliphatic carbocycles. The molecule has 1 atom stereocenters. The molecule has 0 bridgehead atoms. The number of sulfonamides is 1. The number of anilines is 1. The molecule has 0 saturated carbocycles. The monoisotopic (exact) mass is 497 g/mol. The van der Waals surface area contributed by atoms with Gasteiger partial charge < -0.3 is 10.2 Å². The number of amides is 2. The lowest BCUT2D eigenvalue weighted by Gasteiger charge is -2.32. The molecule has 1 aliphatic rings. The molecule has 0 radical (unpaired) electrons. The Kier molecular flexibility index (Phi) is 7.82. The molecule has 1 aliphatic heterocycles. The first-order valence-corrected chi connectivity index (χ1v) is 12.4. The number of benzene rings is 2. The number of rotatable bonds is 6. The molecular weight excluding hydrogens is 473 g/mol. The Morgan fingerprint density at radius 1 is 1.09 bits per heavy atom. The Morgan fingerprint density at radius 2 is 1.78 bits per heavy atom. The lowest BCUT2D eigenvalue weighted by Crippen LogP contribution is -2.41. The van der Waals surface area contributed by atoms with E-state index in [1.54, 1.807) is 12.1 Å². The van der Waals surface area contributed by atoms with E-state index in [0.29, 0.717) is 27.8 Å². The minimum Gasteiger partial charge on any atom is -0.332 e. The van der Waals surface area contributed by atoms with Crippen LogP contribution in [0.25, 0.3) is 0 Å². The van der Waals surface area contributed by atoms with E-state index in [4.69, 9.17) is 23.2 Å². The zero-order valence-electron chi connectivity index (χ0n) is 17.8. The molecule has 2 aromatic rings. The van der Waals surface area contributed by atoms with Gasteiger partial charge >= 0.3 is 0 Å². The number of hydrogen-bond acceptors (Lipinski definition) is 4. The molecule has 1 heterocycles. The van der Waals surface area contributed by atoms with Gasteiger partial charge in [-0.1, -0.05) is 29.6 Å². The fraction of sp³-hybridized carbons (Fsp3) is 0.364. The molecular formula is C22H25Cl2N3O4S. The number of nitrogens with one attached hydrogen (secondary N) is 1. The van der Waals surface area contributed by atoms with Crippen molar-refractivity contribution in [1.29, 1.82) is 0 Å². The predicted octanol–water partition coefficient (Wildman–Crippen LogP) is 4.27. The maximum atomic E-state index is 12.9. The third kappa shape index (κ3) is 5.61. The SMILES string of the molecule is CC1CCCCN1S(=O)(=O)c1ccc(C(=O)N(C)CC(=O)Nc2ccc(Cl)c(Cl)c2)cc1. The Bertz CT molecular complexity index is 1110. The molecule has 32 heavy (non-hydrogen) atoms. The summed E-state index contributed by atoms with van der Waals surface area (Å²) < 4.78 is 27.4. The number of nitrogens with zero attached hydrogens (tertiary/aromatic N) is 2. The van der Waals surface area contributed by atoms with Gasteiger partial charge in [0.1, 0.15) is 0 Å². The summed E-state index contributed by atoms with van der Waals surface area (Å²) in [6.45, 7) is 2.22. The summed E-state index contributed by atoms with van der Waals surface area (Å²) >= 11 is 11.8. The molecule has 1 fully saturated rings. The quantitative estimate of drug-likeness (QED) is 0.645. The van der Waals surface area contributed by atoms with Gasteiger partial charge in [0.25, 0.3) is 5.91 Å². The van der Waals surface area contributed by atoms with Crippen molar-refractivity contribution in [2.45, 2.75) is 37.1 Å². The summed E-state index contributed by atoms with van der Waals surface area (Å²) in [6, 6.07) is 10.5. The van der Waals surface area contributed by atoms with Gasteiger partial charge in [-0.3, -0.25) is 9.59 Å². The summed E-state index contributed by atoms with van der Waals surface area (Å²) in [6.07, 6.45) is 2.70. The molecule has 2 amide bonds. The molecule has 1 saturated heterocycles. The zero-order chi connectivity index (χ0) is 23.5. The lowest BCUT2D eigenvalue weighted by atomic mass is 10.1. The lowest BCUT2D eigenvalue weighted by molar-refractivity contribution is -0.116. The van der Waals surface area contributed by atoms with E-state index in [2.05, 4.69) is 5.32 Å². The second kappa shape index (κ2) is 10.2. The van der Waals surface area contributed by atoms with Crippen LogP contribution >= 0.6 is 23.2 Å². The maximum Gasteiger partial charge on any atom is 0.254 e. The maximum absolute atomic E-state index is 12.9. The van der Waals surface area contributed by atoms with Crippen LogP contribution in [0.5, 0.6) is 0 Å². The highest BCUT2D eigenvalue weighted by atomic mass is 35.5. The predicted molar refractivity (Wildman–Crippen MR) is 126 cm³/mol. The van der Waals surface area contributed by atoms with Gasteiger partial charge in [0, 0.05) is 30.9 Å². The van der Waals surface area contributed by atoms with Gasteiger partial charge in [-0.25, -0.2) is 8.42 Å². The number of carbonyl (C=O) groups excluding carboxylic acids is 2. The van der Waals surface area contributed by atoms with E-state index in [1.807, 2.05) is 6.92 Å². The van der Waals surface area contributed by atoms with Gasteiger partial charge in [0.2, 0.25) is 15.9 Å². The van der Waals surface area contributed by atoms with Crippen LogP contribution in [0.15, 0.2) is 47.4 Å². The van der Waals surface area contributed by atoms with Crippen LogP contribution in [0, 0.1) is 0 Å². The second-order valence-electron chi connectivity index (χ2n) is 7.82. The fourth-order valence-corrected chi connectivity index (χ4v) is 5.61. The topological polar surface area (TPSA) is 86.8 Å². The van der Waals surface area contributed by atoms with Crippen LogP contribution in [0.2, 0.25) is 10.0 Å². The van der Waals surface area contributed by atoms with Gasteiger partial charge in [0.05, 0.1) is 21.5 Å². The molecule has 7 nitrogen and oxygen atoms in total. The molecule has 172 valence electrons. The first-order chi connectivity index (χ1) is 15.1. The van der Waals surface area contributed by atoms with Crippen LogP contribution in [0.3, 0.4) is 0 Å². The molecule has 0 spiro atoms. The number of carbonyl (C=O) groups is 2. The third-order valence-electron chi connectivity index (χ3n) is 5.38. The Morgan fingerprint density at radius 3 is 2.41 bits per heavy atom. The van der Waals surface area contributed by atoms with Crippen LogP contribution < -0.4 is 5.32 Å². The summed E-state index contributed by atoms with van der Waals surface area (Å²) in [7, 11) is -2.11. The normalized spacial score (nSPS) is 17.1. The van der Waals surface area contributed by atoms with Gasteiger partial charge in [-0.2, -0.15) is 4.31 Å². The van der Waals surface area contributed by atoms with Gasteiger partial charge in [-0.05, 0) is 62.2 Å². The smallest absolute Gasteiger partial charge is 0.254 e. The standard InChI is InChI=1S/C22H25Cl2N3O4S/c1-15-5-3-4-12-27(15)32(30,31)18-9-6-16(7-10-18)22(29)26(2)14-21(28)25-17-8-11-19(23)20(24)13-17/h6-11,13,15H,3-5,12,14H2,1-2H3,(H,25,28). The molecule has 0 aromatic heterocycles. The van der Waals surface area contributed by atoms with Crippen LogP contribution in [-0.2, 0) is 14.8 Å². The van der Waals surface area contributed by atoms with Crippen molar-refractivity contribution < 1.29 is 18.0 Å². The molecule has 1 unspecified atom stereocenters. The van der Waals surface area contributed by atoms with Crippen LogP contribution in [0.4, 0.5) is 5.69 Å². The van der Waals surface area contributed by atoms with Crippen molar-refractivity contribution in [2.75, 3.05) is 25.5 Å². The second-order valence-corrected chi connectivity index (χ2v) is 10.5. The summed E-state index contributed by atoms with van der Waals surface area (Å²) in [5.41, 5.74) is 0.757. The number of hydrogen-bond donors (Lipinski definition) is 1. The largest absolute Gasteiger partial charge is 0.332 e. The van der Waals surface area contributed by atoms with Crippen LogP contribution in [-0.4, -0.2) is 55.6 Å². The van der Waals surface area contributed by atoms with Crippen molar-refractivity contribution >= 4 is 50.7 Å². The highest BCUT2D eigenvalue weighted by molar-refractivity contribution is 7.89. The van der Waals surface area contributed by atoms with Gasteiger partial charge in [0.15, 0.2) is 0 Å². The van der Waals surface area contributed by atoms with Crippen molar-refractivity contribution in [1.82, 2.24) is 9.21 Å². The Hall–Kier alpha value is -2.13. The highest BCUT2D eigenvalue weighted by Gasteiger charge is 2.31. The van der Waals surface area contributed by atoms with Crippen molar-refractivity contribution in [3.63, 3.8) is 0 Å². The van der Waals surface area contributed by atoms with E-state index in [1.165, 1.54) is 46.6 Å². The van der Waals surface area contributed by atoms with Crippen molar-refractivity contribution in [3.8, 4) is 0 Å². The summed E-state index contributed by atoms with van der Waals surface area (Å²) in [4.78, 5) is 26.4. The first-order valence-electron chi connectivity index (χ1n) is 10.2. The zero-order valence-corrected chi connectivity index (χ0v) is 20.2. The third-order valence-corrected chi connectivity index (χ3v) is 8.15. The Balaban J connectivity index is 1.64.